The van der Waals surface area contributed by atoms with E-state index in [2.05, 4.69) is 0 Å². The van der Waals surface area contributed by atoms with Crippen molar-refractivity contribution in [2.45, 2.75) is 31.8 Å². The summed E-state index contributed by atoms with van der Waals surface area (Å²) in [5.41, 5.74) is 0. The van der Waals surface area contributed by atoms with Gasteiger partial charge in [-0.2, -0.15) is 0 Å². The van der Waals surface area contributed by atoms with E-state index in [0.717, 1.165) is 0 Å². The minimum absolute atomic E-state index is 0.0344. The van der Waals surface area contributed by atoms with Gasteiger partial charge in [-0.05, 0) is 12.8 Å². The highest BCUT2D eigenvalue weighted by molar-refractivity contribution is 5.78. The van der Waals surface area contributed by atoms with Gasteiger partial charge in [0.2, 0.25) is 5.91 Å². The van der Waals surface area contributed by atoms with Gasteiger partial charge < -0.3 is 15.1 Å². The fourth-order valence-corrected chi connectivity index (χ4v) is 1.55. The number of aliphatic hydroxyl groups excluding tert-OH is 1. The van der Waals surface area contributed by atoms with E-state index in [1.54, 1.807) is 4.90 Å². The summed E-state index contributed by atoms with van der Waals surface area (Å²) in [6, 6.07) is 0. The molecule has 1 aliphatic rings. The smallest absolute Gasteiger partial charge is 0.303 e. The maximum Gasteiger partial charge on any atom is 0.303 e. The summed E-state index contributed by atoms with van der Waals surface area (Å²) >= 11 is 0. The zero-order valence-electron chi connectivity index (χ0n) is 7.98. The van der Waals surface area contributed by atoms with Crippen LogP contribution in [-0.4, -0.2) is 46.2 Å². The molecule has 5 heteroatoms. The summed E-state index contributed by atoms with van der Waals surface area (Å²) in [5.74, 6) is -0.842. The van der Waals surface area contributed by atoms with Crippen LogP contribution in [0.5, 0.6) is 0 Å². The van der Waals surface area contributed by atoms with E-state index in [9.17, 15) is 9.59 Å². The van der Waals surface area contributed by atoms with Crippen LogP contribution in [0.4, 0.5) is 0 Å². The number of carboxylic acid groups (broad SMARTS) is 1. The first-order valence-corrected chi connectivity index (χ1v) is 4.77. The second-order valence-electron chi connectivity index (χ2n) is 3.55. The summed E-state index contributed by atoms with van der Waals surface area (Å²) in [6.07, 6.45) is 1.07. The number of carbonyl (C=O) groups is 2. The number of aliphatic hydroxyl groups is 1. The molecule has 0 aromatic carbocycles. The number of hydrogen-bond donors (Lipinski definition) is 2. The molecule has 1 aliphatic heterocycles. The second kappa shape index (κ2) is 4.95. The van der Waals surface area contributed by atoms with E-state index in [0.29, 0.717) is 25.9 Å². The third-order valence-electron chi connectivity index (χ3n) is 2.26. The predicted molar refractivity (Wildman–Crippen MR) is 48.7 cm³/mol. The van der Waals surface area contributed by atoms with Gasteiger partial charge in [-0.15, -0.1) is 0 Å². The molecule has 1 atom stereocenters. The molecule has 1 heterocycles. The molecule has 1 saturated heterocycles. The van der Waals surface area contributed by atoms with E-state index >= 15 is 0 Å². The Bertz CT molecular complexity index is 229. The van der Waals surface area contributed by atoms with Crippen molar-refractivity contribution in [1.29, 1.82) is 0 Å². The Labute approximate surface area is 82.3 Å². The normalized spacial score (nSPS) is 21.6. The molecular weight excluding hydrogens is 186 g/mol. The van der Waals surface area contributed by atoms with Gasteiger partial charge in [-0.3, -0.25) is 9.59 Å². The first kappa shape index (κ1) is 11.0. The molecule has 1 unspecified atom stereocenters. The van der Waals surface area contributed by atoms with E-state index in [1.807, 2.05) is 0 Å². The molecule has 2 N–H and O–H groups in total. The molecule has 0 aromatic rings. The van der Waals surface area contributed by atoms with Crippen LogP contribution in [0.1, 0.15) is 25.7 Å². The van der Waals surface area contributed by atoms with Gasteiger partial charge in [0.25, 0.3) is 0 Å². The average Bonchev–Trinajstić information content (AvgIpc) is 2.39. The number of likely N-dealkylation sites (tertiary alicyclic amines) is 1. The van der Waals surface area contributed by atoms with Gasteiger partial charge in [0, 0.05) is 19.5 Å². The predicted octanol–water partition coefficient (Wildman–Crippen LogP) is -0.166. The van der Waals surface area contributed by atoms with Gasteiger partial charge >= 0.3 is 5.97 Å². The summed E-state index contributed by atoms with van der Waals surface area (Å²) in [7, 11) is 0. The molecular formula is C9H15NO4. The van der Waals surface area contributed by atoms with E-state index in [1.165, 1.54) is 0 Å². The third-order valence-corrected chi connectivity index (χ3v) is 2.26. The lowest BCUT2D eigenvalue weighted by atomic mass is 10.2. The minimum atomic E-state index is -0.808. The number of aliphatic carboxylic acids is 1. The highest BCUT2D eigenvalue weighted by Gasteiger charge is 2.26. The largest absolute Gasteiger partial charge is 0.481 e. The fourth-order valence-electron chi connectivity index (χ4n) is 1.55. The molecule has 14 heavy (non-hydrogen) atoms. The van der Waals surface area contributed by atoms with Crippen molar-refractivity contribution in [3.05, 3.63) is 0 Å². The van der Waals surface area contributed by atoms with Crippen molar-refractivity contribution >= 4 is 11.9 Å². The third kappa shape index (κ3) is 3.33. The van der Waals surface area contributed by atoms with Gasteiger partial charge in [0.15, 0.2) is 0 Å². The highest BCUT2D eigenvalue weighted by Crippen LogP contribution is 2.11. The molecule has 0 bridgehead atoms. The van der Waals surface area contributed by atoms with Crippen LogP contribution in [0.3, 0.4) is 0 Å². The van der Waals surface area contributed by atoms with Gasteiger partial charge in [0.05, 0.1) is 12.5 Å². The Morgan fingerprint density at radius 2 is 2.21 bits per heavy atom. The van der Waals surface area contributed by atoms with E-state index in [-0.39, 0.29) is 18.7 Å². The number of hydrogen-bond acceptors (Lipinski definition) is 3. The van der Waals surface area contributed by atoms with Crippen molar-refractivity contribution < 1.29 is 19.8 Å². The maximum atomic E-state index is 11.2. The molecule has 80 valence electrons. The molecule has 5 nitrogen and oxygen atoms in total. The van der Waals surface area contributed by atoms with Crippen LogP contribution in [0, 0.1) is 0 Å². The zero-order chi connectivity index (χ0) is 10.6. The van der Waals surface area contributed by atoms with Crippen LogP contribution in [-0.2, 0) is 9.59 Å². The summed E-state index contributed by atoms with van der Waals surface area (Å²) < 4.78 is 0. The number of carbonyl (C=O) groups excluding carboxylic acids is 1. The number of rotatable bonds is 5. The molecule has 1 rings (SSSR count). The topological polar surface area (TPSA) is 77.8 Å². The first-order chi connectivity index (χ1) is 6.59. The summed E-state index contributed by atoms with van der Waals surface area (Å²) in [5, 5.41) is 17.5. The molecule has 0 aromatic heterocycles. The monoisotopic (exact) mass is 201 g/mol. The highest BCUT2D eigenvalue weighted by atomic mass is 16.4. The van der Waals surface area contributed by atoms with E-state index < -0.39 is 12.1 Å². The van der Waals surface area contributed by atoms with Crippen LogP contribution in [0.25, 0.3) is 0 Å². The average molecular weight is 201 g/mol. The van der Waals surface area contributed by atoms with Crippen LogP contribution in [0.2, 0.25) is 0 Å². The molecule has 1 amide bonds. The Kier molecular flexibility index (Phi) is 3.88. The van der Waals surface area contributed by atoms with Crippen molar-refractivity contribution in [1.82, 2.24) is 4.90 Å². The lowest BCUT2D eigenvalue weighted by Crippen LogP contribution is -2.27. The van der Waals surface area contributed by atoms with Crippen molar-refractivity contribution in [2.24, 2.45) is 0 Å². The lowest BCUT2D eigenvalue weighted by molar-refractivity contribution is -0.137. The maximum absolute atomic E-state index is 11.2. The van der Waals surface area contributed by atoms with Crippen molar-refractivity contribution in [2.75, 3.05) is 13.1 Å². The van der Waals surface area contributed by atoms with E-state index in [4.69, 9.17) is 10.2 Å². The van der Waals surface area contributed by atoms with Crippen LogP contribution >= 0.6 is 0 Å². The quantitative estimate of drug-likeness (QED) is 0.605. The first-order valence-electron chi connectivity index (χ1n) is 4.77. The molecule has 0 saturated carbocycles. The molecule has 0 radical (unpaired) electrons. The van der Waals surface area contributed by atoms with Gasteiger partial charge in [0.1, 0.15) is 0 Å². The number of β-amino-alcohol motifs (C(OH)–C–C–N with tert-alkyl or cyclic N) is 1. The molecule has 1 fully saturated rings. The SMILES string of the molecule is O=C(O)CCCCN1CC(O)CC1=O. The van der Waals surface area contributed by atoms with Gasteiger partial charge in [-0.1, -0.05) is 0 Å². The van der Waals surface area contributed by atoms with Crippen molar-refractivity contribution in [3.8, 4) is 0 Å². The van der Waals surface area contributed by atoms with Crippen LogP contribution in [0.15, 0.2) is 0 Å². The molecule has 0 spiro atoms. The second-order valence-corrected chi connectivity index (χ2v) is 3.55. The summed E-state index contributed by atoms with van der Waals surface area (Å²) in [6.45, 7) is 0.953. The number of amides is 1. The Hall–Kier alpha value is -1.10. The number of carboxylic acids is 1. The zero-order valence-corrected chi connectivity index (χ0v) is 7.98. The van der Waals surface area contributed by atoms with Crippen LogP contribution < -0.4 is 0 Å². The molecule has 0 aliphatic carbocycles. The Balaban J connectivity index is 2.13. The number of nitrogens with zero attached hydrogens (tertiary/aromatic N) is 1. The number of unbranched alkanes of at least 4 members (excludes halogenated alkanes) is 1. The Morgan fingerprint density at radius 1 is 1.50 bits per heavy atom. The minimum Gasteiger partial charge on any atom is -0.481 e. The van der Waals surface area contributed by atoms with Crippen molar-refractivity contribution in [3.63, 3.8) is 0 Å². The fraction of sp³-hybridized carbons (Fsp3) is 0.778. The van der Waals surface area contributed by atoms with Gasteiger partial charge in [-0.25, -0.2) is 0 Å². The lowest BCUT2D eigenvalue weighted by Gasteiger charge is -2.14. The standard InChI is InChI=1S/C9H15NO4/c11-7-5-8(12)10(6-7)4-2-1-3-9(13)14/h7,11H,1-6H2,(H,13,14). The summed E-state index contributed by atoms with van der Waals surface area (Å²) in [4.78, 5) is 22.9. The Morgan fingerprint density at radius 3 is 2.71 bits per heavy atom.